The van der Waals surface area contributed by atoms with Gasteiger partial charge in [0.15, 0.2) is 0 Å². The molecular formula is C13H23N3O2S2. The molecule has 20 heavy (non-hydrogen) atoms. The van der Waals surface area contributed by atoms with E-state index in [1.807, 2.05) is 30.4 Å². The molecule has 5 nitrogen and oxygen atoms in total. The third-order valence-corrected chi connectivity index (χ3v) is 6.37. The monoisotopic (exact) mass is 317 g/mol. The van der Waals surface area contributed by atoms with Gasteiger partial charge in [0.05, 0.1) is 4.90 Å². The number of thioether (sulfide) groups is 1. The second kappa shape index (κ2) is 6.51. The first kappa shape index (κ1) is 15.9. The molecule has 1 aliphatic carbocycles. The molecule has 0 spiro atoms. The van der Waals surface area contributed by atoms with Gasteiger partial charge in [0.25, 0.3) is 0 Å². The van der Waals surface area contributed by atoms with Gasteiger partial charge in [-0.05, 0) is 38.6 Å². The Morgan fingerprint density at radius 2 is 2.20 bits per heavy atom. The van der Waals surface area contributed by atoms with Gasteiger partial charge in [-0.25, -0.2) is 13.1 Å². The van der Waals surface area contributed by atoms with Gasteiger partial charge in [-0.2, -0.15) is 11.8 Å². The number of hydrogen-bond donors (Lipinski definition) is 2. The van der Waals surface area contributed by atoms with Crippen molar-refractivity contribution < 1.29 is 8.42 Å². The molecule has 0 bridgehead atoms. The van der Waals surface area contributed by atoms with Crippen LogP contribution < -0.4 is 10.0 Å². The maximum Gasteiger partial charge on any atom is 0.242 e. The molecule has 1 aromatic heterocycles. The Balaban J connectivity index is 2.08. The lowest BCUT2D eigenvalue weighted by molar-refractivity contribution is 0.552. The van der Waals surface area contributed by atoms with Crippen molar-refractivity contribution in [3.8, 4) is 0 Å². The van der Waals surface area contributed by atoms with Crippen LogP contribution in [0.5, 0.6) is 0 Å². The lowest BCUT2D eigenvalue weighted by Gasteiger charge is -2.12. The smallest absolute Gasteiger partial charge is 0.242 e. The number of nitrogens with zero attached hydrogens (tertiary/aromatic N) is 1. The fourth-order valence-electron chi connectivity index (χ4n) is 2.63. The molecular weight excluding hydrogens is 294 g/mol. The van der Waals surface area contributed by atoms with Gasteiger partial charge in [-0.1, -0.05) is 0 Å². The first-order chi connectivity index (χ1) is 9.46. The molecule has 1 aromatic rings. The number of sulfonamides is 1. The quantitative estimate of drug-likeness (QED) is 0.830. The van der Waals surface area contributed by atoms with E-state index in [4.69, 9.17) is 0 Å². The van der Waals surface area contributed by atoms with Crippen LogP contribution in [0.3, 0.4) is 0 Å². The van der Waals surface area contributed by atoms with E-state index in [9.17, 15) is 8.42 Å². The van der Waals surface area contributed by atoms with Crippen LogP contribution in [0.1, 0.15) is 25.0 Å². The lowest BCUT2D eigenvalue weighted by Crippen LogP contribution is -2.33. The zero-order chi connectivity index (χ0) is 14.8. The van der Waals surface area contributed by atoms with E-state index in [1.165, 1.54) is 0 Å². The third-order valence-electron chi connectivity index (χ3n) is 3.79. The highest BCUT2D eigenvalue weighted by molar-refractivity contribution is 7.99. The number of aromatic nitrogens is 1. The molecule has 0 radical (unpaired) electrons. The van der Waals surface area contributed by atoms with Gasteiger partial charge in [-0.15, -0.1) is 0 Å². The van der Waals surface area contributed by atoms with Crippen LogP contribution in [0.15, 0.2) is 17.2 Å². The summed E-state index contributed by atoms with van der Waals surface area (Å²) >= 11 is 1.82. The largest absolute Gasteiger partial charge is 0.352 e. The molecule has 2 N–H and O–H groups in total. The number of rotatable bonds is 6. The Bertz CT molecular complexity index is 554. The van der Waals surface area contributed by atoms with Crippen molar-refractivity contribution in [1.82, 2.24) is 14.6 Å². The van der Waals surface area contributed by atoms with Crippen molar-refractivity contribution in [3.05, 3.63) is 18.0 Å². The standard InChI is InChI=1S/C13H23N3O2S2/c1-14-8-11-7-13(9-16(11)2)20(17,18)15-10-4-5-12(6-10)19-3/h7,9-10,12,14-15H,4-6,8H2,1-3H3. The minimum absolute atomic E-state index is 0.0745. The maximum atomic E-state index is 12.4. The van der Waals surface area contributed by atoms with Crippen molar-refractivity contribution >= 4 is 21.8 Å². The van der Waals surface area contributed by atoms with E-state index < -0.39 is 10.0 Å². The van der Waals surface area contributed by atoms with Crippen molar-refractivity contribution in [2.75, 3.05) is 13.3 Å². The third kappa shape index (κ3) is 3.58. The van der Waals surface area contributed by atoms with E-state index in [1.54, 1.807) is 12.3 Å². The summed E-state index contributed by atoms with van der Waals surface area (Å²) in [6.07, 6.45) is 6.71. The van der Waals surface area contributed by atoms with Gasteiger partial charge < -0.3 is 9.88 Å². The summed E-state index contributed by atoms with van der Waals surface area (Å²) in [7, 11) is 0.311. The van der Waals surface area contributed by atoms with Gasteiger partial charge in [0.2, 0.25) is 10.0 Å². The predicted molar refractivity (Wildman–Crippen MR) is 83.4 cm³/mol. The van der Waals surface area contributed by atoms with Gasteiger partial charge in [0.1, 0.15) is 0 Å². The SMILES string of the molecule is CNCc1cc(S(=O)(=O)NC2CCC(SC)C2)cn1C. The Kier molecular flexibility index (Phi) is 5.17. The molecule has 0 saturated heterocycles. The molecule has 114 valence electrons. The molecule has 1 fully saturated rings. The van der Waals surface area contributed by atoms with Crippen LogP contribution in [-0.4, -0.2) is 37.6 Å². The van der Waals surface area contributed by atoms with Crippen LogP contribution in [0.2, 0.25) is 0 Å². The Morgan fingerprint density at radius 1 is 1.45 bits per heavy atom. The van der Waals surface area contributed by atoms with Crippen LogP contribution >= 0.6 is 11.8 Å². The van der Waals surface area contributed by atoms with Crippen LogP contribution in [0.25, 0.3) is 0 Å². The van der Waals surface area contributed by atoms with Gasteiger partial charge in [0, 0.05) is 36.8 Å². The Morgan fingerprint density at radius 3 is 2.80 bits per heavy atom. The van der Waals surface area contributed by atoms with Crippen LogP contribution in [0.4, 0.5) is 0 Å². The zero-order valence-corrected chi connectivity index (χ0v) is 13.9. The fraction of sp³-hybridized carbons (Fsp3) is 0.692. The fourth-order valence-corrected chi connectivity index (χ4v) is 4.80. The summed E-state index contributed by atoms with van der Waals surface area (Å²) in [5.74, 6) is 0. The molecule has 0 aromatic carbocycles. The molecule has 2 rings (SSSR count). The van der Waals surface area contributed by atoms with Crippen molar-refractivity contribution in [2.45, 2.75) is 42.0 Å². The number of hydrogen-bond acceptors (Lipinski definition) is 4. The highest BCUT2D eigenvalue weighted by Gasteiger charge is 2.28. The molecule has 1 heterocycles. The van der Waals surface area contributed by atoms with E-state index in [0.717, 1.165) is 25.0 Å². The van der Waals surface area contributed by atoms with Crippen LogP contribution in [0, 0.1) is 0 Å². The van der Waals surface area contributed by atoms with Gasteiger partial charge >= 0.3 is 0 Å². The molecule has 1 saturated carbocycles. The van der Waals surface area contributed by atoms with Gasteiger partial charge in [-0.3, -0.25) is 0 Å². The zero-order valence-electron chi connectivity index (χ0n) is 12.2. The molecule has 2 unspecified atom stereocenters. The summed E-state index contributed by atoms with van der Waals surface area (Å²) in [5.41, 5.74) is 0.960. The second-order valence-electron chi connectivity index (χ2n) is 5.30. The average Bonchev–Trinajstić information content (AvgIpc) is 2.97. The van der Waals surface area contributed by atoms with Crippen molar-refractivity contribution in [1.29, 1.82) is 0 Å². The first-order valence-electron chi connectivity index (χ1n) is 6.81. The summed E-state index contributed by atoms with van der Waals surface area (Å²) in [6.45, 7) is 0.657. The second-order valence-corrected chi connectivity index (χ2v) is 8.15. The summed E-state index contributed by atoms with van der Waals surface area (Å²) < 4.78 is 29.5. The van der Waals surface area contributed by atoms with Crippen LogP contribution in [-0.2, 0) is 23.6 Å². The van der Waals surface area contributed by atoms with Crippen molar-refractivity contribution in [2.24, 2.45) is 7.05 Å². The first-order valence-corrected chi connectivity index (χ1v) is 9.58. The predicted octanol–water partition coefficient (Wildman–Crippen LogP) is 1.31. The summed E-state index contributed by atoms with van der Waals surface area (Å²) in [6, 6.07) is 1.81. The highest BCUT2D eigenvalue weighted by atomic mass is 32.2. The average molecular weight is 317 g/mol. The minimum Gasteiger partial charge on any atom is -0.352 e. The highest BCUT2D eigenvalue weighted by Crippen LogP contribution is 2.29. The Hall–Kier alpha value is -0.500. The lowest BCUT2D eigenvalue weighted by atomic mass is 10.3. The van der Waals surface area contributed by atoms with E-state index >= 15 is 0 Å². The summed E-state index contributed by atoms with van der Waals surface area (Å²) in [4.78, 5) is 0.359. The molecule has 7 heteroatoms. The molecule has 1 aliphatic rings. The molecule has 0 aliphatic heterocycles. The maximum absolute atomic E-state index is 12.4. The molecule has 2 atom stereocenters. The topological polar surface area (TPSA) is 63.1 Å². The Labute approximate surface area is 125 Å². The number of nitrogens with one attached hydrogen (secondary N) is 2. The summed E-state index contributed by atoms with van der Waals surface area (Å²) in [5, 5.41) is 3.62. The van der Waals surface area contributed by atoms with E-state index in [2.05, 4.69) is 16.3 Å². The van der Waals surface area contributed by atoms with E-state index in [-0.39, 0.29) is 6.04 Å². The minimum atomic E-state index is -3.40. The van der Waals surface area contributed by atoms with Crippen molar-refractivity contribution in [3.63, 3.8) is 0 Å². The van der Waals surface area contributed by atoms with E-state index in [0.29, 0.717) is 16.7 Å². The normalized spacial score (nSPS) is 23.4. The molecule has 0 amide bonds. The number of aryl methyl sites for hydroxylation is 1.